The molecule has 0 radical (unpaired) electrons. The van der Waals surface area contributed by atoms with Crippen LogP contribution in [0.2, 0.25) is 0 Å². The van der Waals surface area contributed by atoms with Crippen molar-refractivity contribution in [3.05, 3.63) is 205 Å². The number of nitrogens with zero attached hydrogens (tertiary/aromatic N) is 2. The van der Waals surface area contributed by atoms with Crippen molar-refractivity contribution >= 4 is 67.8 Å². The second-order valence-electron chi connectivity index (χ2n) is 12.4. The highest BCUT2D eigenvalue weighted by Gasteiger charge is 2.16. The number of benzene rings is 8. The third-order valence-electron chi connectivity index (χ3n) is 9.04. The Balaban J connectivity index is 1.07. The zero-order chi connectivity index (χ0) is 33.0. The number of aryl methyl sites for hydroxylation is 1. The fraction of sp³-hybridized carbons (Fsp3) is 0.0213. The predicted octanol–water partition coefficient (Wildman–Crippen LogP) is 13.4. The minimum atomic E-state index is 1.12. The molecule has 0 aromatic heterocycles. The van der Waals surface area contributed by atoms with Crippen LogP contribution >= 0.6 is 0 Å². The average Bonchev–Trinajstić information content (AvgIpc) is 3.16. The van der Waals surface area contributed by atoms with Gasteiger partial charge in [-0.05, 0) is 107 Å². The highest BCUT2D eigenvalue weighted by atomic mass is 15.1. The smallest absolute Gasteiger partial charge is 0.0540 e. The van der Waals surface area contributed by atoms with Crippen molar-refractivity contribution in [1.82, 2.24) is 0 Å². The van der Waals surface area contributed by atoms with Crippen LogP contribution in [0.15, 0.2) is 188 Å². The van der Waals surface area contributed by atoms with Crippen LogP contribution in [0, 0.1) is 6.92 Å². The lowest BCUT2D eigenvalue weighted by atomic mass is 10.1. The zero-order valence-electron chi connectivity index (χ0n) is 27.4. The average molecular weight is 629 g/mol. The number of fused-ring (bicyclic) bond motifs is 2. The Morgan fingerprint density at radius 1 is 0.347 bits per heavy atom. The molecule has 0 saturated heterocycles. The molecule has 0 aliphatic carbocycles. The van der Waals surface area contributed by atoms with Gasteiger partial charge in [-0.1, -0.05) is 133 Å². The highest BCUT2D eigenvalue weighted by molar-refractivity contribution is 5.99. The van der Waals surface area contributed by atoms with Crippen LogP contribution in [0.3, 0.4) is 0 Å². The largest absolute Gasteiger partial charge is 0.310 e. The number of para-hydroxylation sites is 1. The van der Waals surface area contributed by atoms with Gasteiger partial charge in [-0.3, -0.25) is 0 Å². The van der Waals surface area contributed by atoms with Crippen molar-refractivity contribution in [1.29, 1.82) is 0 Å². The van der Waals surface area contributed by atoms with Gasteiger partial charge >= 0.3 is 0 Å². The van der Waals surface area contributed by atoms with E-state index in [-0.39, 0.29) is 0 Å². The standard InChI is InChI=1S/C47H36N2/c1-35-11-9-18-44(33-35)49(47-20-10-15-39-13-7-8-19-46(39)47)43-30-25-37(26-31-43)22-21-36-23-28-42(29-24-36)48(41-16-3-2-4-17-41)45-32-27-38-12-5-6-14-40(38)34-45/h2-34H,1H3/b22-21+. The van der Waals surface area contributed by atoms with E-state index in [2.05, 4.69) is 217 Å². The van der Waals surface area contributed by atoms with Crippen LogP contribution in [0.5, 0.6) is 0 Å². The molecule has 0 bridgehead atoms. The normalized spacial score (nSPS) is 11.3. The minimum Gasteiger partial charge on any atom is -0.310 e. The maximum absolute atomic E-state index is 2.36. The van der Waals surface area contributed by atoms with Gasteiger partial charge in [0.15, 0.2) is 0 Å². The van der Waals surface area contributed by atoms with E-state index in [0.29, 0.717) is 0 Å². The maximum atomic E-state index is 2.36. The summed E-state index contributed by atoms with van der Waals surface area (Å²) < 4.78 is 0. The molecule has 0 N–H and O–H groups in total. The molecule has 234 valence electrons. The van der Waals surface area contributed by atoms with Crippen molar-refractivity contribution in [2.75, 3.05) is 9.80 Å². The fourth-order valence-electron chi connectivity index (χ4n) is 6.60. The Labute approximate surface area is 288 Å². The van der Waals surface area contributed by atoms with Crippen LogP contribution in [0.25, 0.3) is 33.7 Å². The van der Waals surface area contributed by atoms with E-state index in [1.165, 1.54) is 32.8 Å². The van der Waals surface area contributed by atoms with Crippen LogP contribution in [-0.2, 0) is 0 Å². The van der Waals surface area contributed by atoms with Gasteiger partial charge in [-0.25, -0.2) is 0 Å². The van der Waals surface area contributed by atoms with Crippen LogP contribution in [0.1, 0.15) is 16.7 Å². The summed E-state index contributed by atoms with van der Waals surface area (Å²) in [6.07, 6.45) is 4.37. The molecule has 8 aromatic rings. The summed E-state index contributed by atoms with van der Waals surface area (Å²) in [5.74, 6) is 0. The molecule has 0 aliphatic rings. The molecular weight excluding hydrogens is 593 g/mol. The van der Waals surface area contributed by atoms with Crippen LogP contribution < -0.4 is 9.80 Å². The van der Waals surface area contributed by atoms with E-state index >= 15 is 0 Å². The molecule has 0 fully saturated rings. The summed E-state index contributed by atoms with van der Waals surface area (Å²) in [6.45, 7) is 2.15. The molecule has 8 aromatic carbocycles. The number of anilines is 6. The van der Waals surface area contributed by atoms with Gasteiger partial charge in [0.1, 0.15) is 0 Å². The third-order valence-corrected chi connectivity index (χ3v) is 9.04. The van der Waals surface area contributed by atoms with E-state index in [0.717, 1.165) is 39.6 Å². The summed E-state index contributed by atoms with van der Waals surface area (Å²) in [7, 11) is 0. The van der Waals surface area contributed by atoms with Crippen molar-refractivity contribution in [2.45, 2.75) is 6.92 Å². The van der Waals surface area contributed by atoms with Crippen LogP contribution in [-0.4, -0.2) is 0 Å². The second-order valence-corrected chi connectivity index (χ2v) is 12.4. The topological polar surface area (TPSA) is 6.48 Å². The summed E-state index contributed by atoms with van der Waals surface area (Å²) in [5, 5.41) is 4.92. The van der Waals surface area contributed by atoms with E-state index in [1.54, 1.807) is 0 Å². The zero-order valence-corrected chi connectivity index (χ0v) is 27.4. The van der Waals surface area contributed by atoms with Gasteiger partial charge in [0.25, 0.3) is 0 Å². The molecule has 2 heteroatoms. The minimum absolute atomic E-state index is 1.12. The number of hydrogen-bond acceptors (Lipinski definition) is 2. The van der Waals surface area contributed by atoms with Crippen LogP contribution in [0.4, 0.5) is 34.1 Å². The van der Waals surface area contributed by atoms with Crippen molar-refractivity contribution in [3.63, 3.8) is 0 Å². The molecule has 0 unspecified atom stereocenters. The van der Waals surface area contributed by atoms with E-state index in [9.17, 15) is 0 Å². The first-order chi connectivity index (χ1) is 24.2. The molecule has 0 heterocycles. The van der Waals surface area contributed by atoms with Crippen molar-refractivity contribution < 1.29 is 0 Å². The number of hydrogen-bond donors (Lipinski definition) is 0. The molecule has 8 rings (SSSR count). The van der Waals surface area contributed by atoms with Gasteiger partial charge in [-0.15, -0.1) is 0 Å². The molecular formula is C47H36N2. The van der Waals surface area contributed by atoms with Crippen molar-refractivity contribution in [2.24, 2.45) is 0 Å². The number of rotatable bonds is 8. The molecule has 49 heavy (non-hydrogen) atoms. The first-order valence-corrected chi connectivity index (χ1v) is 16.8. The second kappa shape index (κ2) is 13.4. The highest BCUT2D eigenvalue weighted by Crippen LogP contribution is 2.39. The van der Waals surface area contributed by atoms with E-state index in [1.807, 2.05) is 0 Å². The molecule has 0 saturated carbocycles. The van der Waals surface area contributed by atoms with Gasteiger partial charge in [0, 0.05) is 33.8 Å². The lowest BCUT2D eigenvalue weighted by Gasteiger charge is -2.27. The van der Waals surface area contributed by atoms with Gasteiger partial charge in [-0.2, -0.15) is 0 Å². The molecule has 2 nitrogen and oxygen atoms in total. The molecule has 0 atom stereocenters. The Morgan fingerprint density at radius 3 is 1.57 bits per heavy atom. The Morgan fingerprint density at radius 2 is 0.857 bits per heavy atom. The summed E-state index contributed by atoms with van der Waals surface area (Å²) >= 11 is 0. The quantitative estimate of drug-likeness (QED) is 0.155. The lowest BCUT2D eigenvalue weighted by molar-refractivity contribution is 1.28. The fourth-order valence-corrected chi connectivity index (χ4v) is 6.60. The maximum Gasteiger partial charge on any atom is 0.0540 e. The summed E-state index contributed by atoms with van der Waals surface area (Å²) in [4.78, 5) is 4.67. The Kier molecular flexibility index (Phi) is 8.19. The SMILES string of the molecule is Cc1cccc(N(c2ccc(/C=C/c3ccc(N(c4ccccc4)c4ccc5ccccc5c4)cc3)cc2)c2cccc3ccccc23)c1. The van der Waals surface area contributed by atoms with Gasteiger partial charge < -0.3 is 9.80 Å². The monoisotopic (exact) mass is 628 g/mol. The van der Waals surface area contributed by atoms with Gasteiger partial charge in [0.05, 0.1) is 5.69 Å². The Hall–Kier alpha value is -6.38. The first kappa shape index (κ1) is 30.0. The van der Waals surface area contributed by atoms with E-state index in [4.69, 9.17) is 0 Å². The Bertz CT molecular complexity index is 2380. The molecule has 0 amide bonds. The van der Waals surface area contributed by atoms with E-state index < -0.39 is 0 Å². The third kappa shape index (κ3) is 6.33. The summed E-state index contributed by atoms with van der Waals surface area (Å²) in [6, 6.07) is 67.2. The molecule has 0 spiro atoms. The lowest BCUT2D eigenvalue weighted by Crippen LogP contribution is -2.10. The predicted molar refractivity (Wildman–Crippen MR) is 211 cm³/mol. The summed E-state index contributed by atoms with van der Waals surface area (Å²) in [5.41, 5.74) is 10.4. The van der Waals surface area contributed by atoms with Gasteiger partial charge in [0.2, 0.25) is 0 Å². The van der Waals surface area contributed by atoms with Crippen molar-refractivity contribution in [3.8, 4) is 0 Å². The first-order valence-electron chi connectivity index (χ1n) is 16.8. The molecule has 0 aliphatic heterocycles.